The summed E-state index contributed by atoms with van der Waals surface area (Å²) in [5, 5.41) is 4.52. The zero-order valence-corrected chi connectivity index (χ0v) is 9.22. The molecule has 17 heavy (non-hydrogen) atoms. The molecule has 0 radical (unpaired) electrons. The van der Waals surface area contributed by atoms with Gasteiger partial charge in [-0.25, -0.2) is 8.78 Å². The van der Waals surface area contributed by atoms with Crippen molar-refractivity contribution in [3.05, 3.63) is 29.8 Å². The number of hydrogen-bond acceptors (Lipinski definition) is 2. The van der Waals surface area contributed by atoms with Gasteiger partial charge in [0.05, 0.1) is 0 Å². The number of anilines is 1. The zero-order chi connectivity index (χ0) is 12.8. The third kappa shape index (κ3) is 3.82. The first kappa shape index (κ1) is 13.1. The van der Waals surface area contributed by atoms with Gasteiger partial charge in [0.1, 0.15) is 0 Å². The third-order valence-corrected chi connectivity index (χ3v) is 1.92. The number of carbonyl (C=O) groups is 2. The first-order chi connectivity index (χ1) is 8.04. The lowest BCUT2D eigenvalue weighted by Gasteiger charge is -2.05. The van der Waals surface area contributed by atoms with Crippen molar-refractivity contribution >= 4 is 17.5 Å². The maximum atomic E-state index is 12.8. The van der Waals surface area contributed by atoms with Crippen LogP contribution in [-0.4, -0.2) is 18.4 Å². The van der Waals surface area contributed by atoms with Crippen molar-refractivity contribution < 1.29 is 18.4 Å². The van der Waals surface area contributed by atoms with Gasteiger partial charge in [-0.1, -0.05) is 6.92 Å². The van der Waals surface area contributed by atoms with Crippen LogP contribution in [0.1, 0.15) is 13.3 Å². The number of halogens is 2. The summed E-state index contributed by atoms with van der Waals surface area (Å²) in [5.41, 5.74) is 0.0283. The SMILES string of the molecule is CCCNC(=O)C(=O)Nc1ccc(F)c(F)c1. The van der Waals surface area contributed by atoms with E-state index in [4.69, 9.17) is 0 Å². The molecule has 0 spiro atoms. The molecule has 0 fully saturated rings. The number of hydrogen-bond donors (Lipinski definition) is 2. The predicted molar refractivity (Wildman–Crippen MR) is 58.3 cm³/mol. The molecule has 2 amide bonds. The molecule has 4 nitrogen and oxygen atoms in total. The van der Waals surface area contributed by atoms with Gasteiger partial charge in [-0.3, -0.25) is 9.59 Å². The molecule has 0 atom stereocenters. The van der Waals surface area contributed by atoms with E-state index in [-0.39, 0.29) is 5.69 Å². The second kappa shape index (κ2) is 5.93. The van der Waals surface area contributed by atoms with Crippen LogP contribution in [0.15, 0.2) is 18.2 Å². The summed E-state index contributed by atoms with van der Waals surface area (Å²) in [4.78, 5) is 22.4. The molecular weight excluding hydrogens is 230 g/mol. The Balaban J connectivity index is 2.61. The van der Waals surface area contributed by atoms with Gasteiger partial charge in [0, 0.05) is 18.3 Å². The average molecular weight is 242 g/mol. The van der Waals surface area contributed by atoms with Gasteiger partial charge in [0.15, 0.2) is 11.6 Å². The predicted octanol–water partition coefficient (Wildman–Crippen LogP) is 1.43. The van der Waals surface area contributed by atoms with E-state index in [9.17, 15) is 18.4 Å². The van der Waals surface area contributed by atoms with Crippen molar-refractivity contribution in [1.29, 1.82) is 0 Å². The Kier molecular flexibility index (Phi) is 4.56. The second-order valence-corrected chi connectivity index (χ2v) is 3.34. The van der Waals surface area contributed by atoms with E-state index >= 15 is 0 Å². The van der Waals surface area contributed by atoms with Gasteiger partial charge in [0.2, 0.25) is 0 Å². The fourth-order valence-electron chi connectivity index (χ4n) is 1.08. The molecule has 0 bridgehead atoms. The van der Waals surface area contributed by atoms with E-state index in [1.54, 1.807) is 0 Å². The van der Waals surface area contributed by atoms with Gasteiger partial charge in [-0.2, -0.15) is 0 Å². The van der Waals surface area contributed by atoms with Crippen LogP contribution in [0, 0.1) is 11.6 Å². The van der Waals surface area contributed by atoms with Crippen LogP contribution >= 0.6 is 0 Å². The Labute approximate surface area is 97.0 Å². The van der Waals surface area contributed by atoms with E-state index in [0.29, 0.717) is 13.0 Å². The van der Waals surface area contributed by atoms with Crippen LogP contribution < -0.4 is 10.6 Å². The maximum Gasteiger partial charge on any atom is 0.313 e. The fraction of sp³-hybridized carbons (Fsp3) is 0.273. The van der Waals surface area contributed by atoms with Gasteiger partial charge in [-0.15, -0.1) is 0 Å². The zero-order valence-electron chi connectivity index (χ0n) is 9.22. The van der Waals surface area contributed by atoms with Crippen LogP contribution in [0.2, 0.25) is 0 Å². The summed E-state index contributed by atoms with van der Waals surface area (Å²) in [7, 11) is 0. The van der Waals surface area contributed by atoms with Gasteiger partial charge >= 0.3 is 11.8 Å². The topological polar surface area (TPSA) is 58.2 Å². The van der Waals surface area contributed by atoms with Crippen molar-refractivity contribution in [3.8, 4) is 0 Å². The summed E-state index contributed by atoms with van der Waals surface area (Å²) < 4.78 is 25.4. The van der Waals surface area contributed by atoms with Crippen molar-refractivity contribution in [2.45, 2.75) is 13.3 Å². The smallest absolute Gasteiger partial charge is 0.313 e. The second-order valence-electron chi connectivity index (χ2n) is 3.34. The van der Waals surface area contributed by atoms with Crippen molar-refractivity contribution in [1.82, 2.24) is 5.32 Å². The third-order valence-electron chi connectivity index (χ3n) is 1.92. The molecule has 0 unspecified atom stereocenters. The lowest BCUT2D eigenvalue weighted by molar-refractivity contribution is -0.136. The molecule has 0 aliphatic carbocycles. The molecule has 1 aromatic rings. The Morgan fingerprint density at radius 2 is 1.88 bits per heavy atom. The molecule has 0 aromatic heterocycles. The number of amides is 2. The van der Waals surface area contributed by atoms with Crippen LogP contribution in [0.3, 0.4) is 0 Å². The van der Waals surface area contributed by atoms with E-state index in [1.807, 2.05) is 6.92 Å². The Morgan fingerprint density at radius 1 is 1.18 bits per heavy atom. The largest absolute Gasteiger partial charge is 0.348 e. The Morgan fingerprint density at radius 3 is 2.47 bits per heavy atom. The molecule has 0 heterocycles. The molecule has 6 heteroatoms. The van der Waals surface area contributed by atoms with Crippen molar-refractivity contribution in [3.63, 3.8) is 0 Å². The van der Waals surface area contributed by atoms with E-state index in [1.165, 1.54) is 6.07 Å². The summed E-state index contributed by atoms with van der Waals surface area (Å²) in [5.74, 6) is -3.82. The molecule has 92 valence electrons. The summed E-state index contributed by atoms with van der Waals surface area (Å²) >= 11 is 0. The highest BCUT2D eigenvalue weighted by atomic mass is 19.2. The van der Waals surface area contributed by atoms with Crippen LogP contribution in [0.25, 0.3) is 0 Å². The lowest BCUT2D eigenvalue weighted by Crippen LogP contribution is -2.35. The van der Waals surface area contributed by atoms with Crippen molar-refractivity contribution in [2.75, 3.05) is 11.9 Å². The number of nitrogens with one attached hydrogen (secondary N) is 2. The minimum absolute atomic E-state index is 0.0283. The van der Waals surface area contributed by atoms with Crippen LogP contribution in [0.5, 0.6) is 0 Å². The molecular formula is C11H12F2N2O2. The molecule has 2 N–H and O–H groups in total. The molecule has 1 rings (SSSR count). The monoisotopic (exact) mass is 242 g/mol. The summed E-state index contributed by atoms with van der Waals surface area (Å²) in [6, 6.07) is 2.85. The maximum absolute atomic E-state index is 12.8. The van der Waals surface area contributed by atoms with Crippen molar-refractivity contribution in [2.24, 2.45) is 0 Å². The standard InChI is InChI=1S/C11H12F2N2O2/c1-2-5-14-10(16)11(17)15-7-3-4-8(12)9(13)6-7/h3-4,6H,2,5H2,1H3,(H,14,16)(H,15,17). The highest BCUT2D eigenvalue weighted by molar-refractivity contribution is 6.39. The molecule has 0 saturated carbocycles. The quantitative estimate of drug-likeness (QED) is 0.788. The first-order valence-electron chi connectivity index (χ1n) is 5.08. The first-order valence-corrected chi connectivity index (χ1v) is 5.08. The highest BCUT2D eigenvalue weighted by Crippen LogP contribution is 2.12. The minimum Gasteiger partial charge on any atom is -0.348 e. The van der Waals surface area contributed by atoms with Crippen LogP contribution in [0.4, 0.5) is 14.5 Å². The van der Waals surface area contributed by atoms with Gasteiger partial charge in [0.25, 0.3) is 0 Å². The number of benzene rings is 1. The Bertz CT molecular complexity index is 435. The number of rotatable bonds is 3. The van der Waals surface area contributed by atoms with E-state index in [2.05, 4.69) is 10.6 Å². The summed E-state index contributed by atoms with van der Waals surface area (Å²) in [6.45, 7) is 2.22. The minimum atomic E-state index is -1.09. The molecule has 0 aliphatic heterocycles. The van der Waals surface area contributed by atoms with E-state index in [0.717, 1.165) is 12.1 Å². The highest BCUT2D eigenvalue weighted by Gasteiger charge is 2.13. The van der Waals surface area contributed by atoms with Gasteiger partial charge < -0.3 is 10.6 Å². The van der Waals surface area contributed by atoms with Gasteiger partial charge in [-0.05, 0) is 18.6 Å². The number of carbonyl (C=O) groups excluding carboxylic acids is 2. The normalized spacial score (nSPS) is 9.82. The fourth-order valence-corrected chi connectivity index (χ4v) is 1.08. The average Bonchev–Trinajstić information content (AvgIpc) is 2.30. The molecule has 0 aliphatic rings. The molecule has 1 aromatic carbocycles. The van der Waals surface area contributed by atoms with E-state index < -0.39 is 23.4 Å². The lowest BCUT2D eigenvalue weighted by atomic mass is 10.3. The summed E-state index contributed by atoms with van der Waals surface area (Å²) in [6.07, 6.45) is 0.699. The molecule has 0 saturated heterocycles. The van der Waals surface area contributed by atoms with Crippen LogP contribution in [-0.2, 0) is 9.59 Å². The Hall–Kier alpha value is -1.98.